The Balaban J connectivity index is 1.05. The molecule has 6 atom stereocenters. The first-order valence-corrected chi connectivity index (χ1v) is 22.9. The van der Waals surface area contributed by atoms with Gasteiger partial charge in [0.05, 0.1) is 50.1 Å². The van der Waals surface area contributed by atoms with E-state index in [0.717, 1.165) is 54.3 Å². The Morgan fingerprint density at radius 3 is 1.67 bits per heavy atom. The number of aromatic nitrogens is 4. The van der Waals surface area contributed by atoms with Crippen LogP contribution in [0, 0.1) is 23.7 Å². The monoisotopic (exact) mass is 860 g/mol. The van der Waals surface area contributed by atoms with Gasteiger partial charge in [-0.3, -0.25) is 9.59 Å². The average molecular weight is 861 g/mol. The van der Waals surface area contributed by atoms with E-state index >= 15 is 0 Å². The second-order valence-corrected chi connectivity index (χ2v) is 19.4. The molecule has 0 bridgehead atoms. The van der Waals surface area contributed by atoms with Crippen molar-refractivity contribution in [2.24, 2.45) is 23.7 Å². The maximum atomic E-state index is 14.0. The minimum absolute atomic E-state index is 0.114. The Hall–Kier alpha value is -5.66. The summed E-state index contributed by atoms with van der Waals surface area (Å²) in [5.41, 5.74) is 9.47. The average Bonchev–Trinajstić information content (AvgIpc) is 4.14. The molecule has 4 N–H and O–H groups in total. The van der Waals surface area contributed by atoms with Crippen LogP contribution < -0.4 is 10.6 Å². The Morgan fingerprint density at radius 2 is 1.16 bits per heavy atom. The number of carbonyl (C=O) groups excluding carboxylic acids is 4. The Bertz CT molecular complexity index is 2330. The van der Waals surface area contributed by atoms with Crippen LogP contribution in [-0.2, 0) is 30.9 Å². The molecule has 4 aliphatic rings. The number of carbonyl (C=O) groups is 4. The maximum absolute atomic E-state index is 14.0. The largest absolute Gasteiger partial charge is 0.453 e. The van der Waals surface area contributed by atoms with Gasteiger partial charge in [-0.15, -0.1) is 0 Å². The molecule has 336 valence electrons. The summed E-state index contributed by atoms with van der Waals surface area (Å²) in [6.45, 7) is 13.2. The van der Waals surface area contributed by atoms with Crippen molar-refractivity contribution >= 4 is 24.0 Å². The van der Waals surface area contributed by atoms with Gasteiger partial charge in [-0.05, 0) is 95.4 Å². The molecule has 2 aromatic heterocycles. The van der Waals surface area contributed by atoms with Gasteiger partial charge in [-0.25, -0.2) is 19.6 Å². The molecular formula is C49H64N8O6. The zero-order chi connectivity index (χ0) is 44.7. The normalized spacial score (nSPS) is 22.4. The summed E-state index contributed by atoms with van der Waals surface area (Å²) < 4.78 is 9.67. The number of alkyl carbamates (subject to hydrolysis) is 2. The standard InChI is InChI=1S/C49H64N8O6/c1-27(2)41(54-47(60)62-7)45(58)56-25-29(5)21-38(56)43-50-23-36(52-43)32-13-11-31(12-14-32)33-15-16-34(35-17-20-49(40(33)35)18-9-10-19-49)37-24-51-44(53-37)39-22-30(6)26-57(39)46(59)42(28(3)4)55-48(61)63-8/h11-16,23-24,27-30,38-39,41-42H,9-10,17-22,25-26H2,1-8H3,(H,50,52)(H,51,53)(H,54,60)(H,55,61)/t29-,30?,38-,39-,41?,42-/m0/s1. The SMILES string of the molecule is COC(=O)NC(C(=O)N1C[C@@H](C)C[C@H]1c1ncc(-c2ccc(-c3ccc(-c4cnc([C@@H]5CC(C)CN5C(=O)[C@@H](NC(=O)OC)C(C)C)[nH]4)c4c3C3(CCCC3)CC4)cc2)[nH]1)C(C)C. The zero-order valence-electron chi connectivity index (χ0n) is 38.0. The fraction of sp³-hybridized carbons (Fsp3) is 0.551. The van der Waals surface area contributed by atoms with E-state index in [9.17, 15) is 19.2 Å². The van der Waals surface area contributed by atoms with Crippen molar-refractivity contribution < 1.29 is 28.7 Å². The third-order valence-electron chi connectivity index (χ3n) is 14.2. The molecule has 2 aromatic carbocycles. The molecule has 63 heavy (non-hydrogen) atoms. The van der Waals surface area contributed by atoms with Gasteiger partial charge in [0.2, 0.25) is 11.8 Å². The summed E-state index contributed by atoms with van der Waals surface area (Å²) in [4.78, 5) is 72.8. The van der Waals surface area contributed by atoms with E-state index in [1.807, 2.05) is 49.9 Å². The van der Waals surface area contributed by atoms with Crippen LogP contribution in [0.1, 0.15) is 121 Å². The Kier molecular flexibility index (Phi) is 12.5. The van der Waals surface area contributed by atoms with Crippen LogP contribution in [0.4, 0.5) is 9.59 Å². The predicted octanol–water partition coefficient (Wildman–Crippen LogP) is 8.47. The van der Waals surface area contributed by atoms with Crippen molar-refractivity contribution in [2.45, 2.75) is 122 Å². The highest BCUT2D eigenvalue weighted by Gasteiger charge is 2.45. The number of hydrogen-bond donors (Lipinski definition) is 4. The second kappa shape index (κ2) is 17.8. The fourth-order valence-corrected chi connectivity index (χ4v) is 11.0. The summed E-state index contributed by atoms with van der Waals surface area (Å²) in [7, 11) is 2.61. The highest BCUT2D eigenvalue weighted by Crippen LogP contribution is 2.55. The third-order valence-corrected chi connectivity index (χ3v) is 14.2. The minimum Gasteiger partial charge on any atom is -0.453 e. The van der Waals surface area contributed by atoms with Crippen molar-refractivity contribution in [1.82, 2.24) is 40.4 Å². The van der Waals surface area contributed by atoms with Gasteiger partial charge in [0.1, 0.15) is 23.7 Å². The van der Waals surface area contributed by atoms with Crippen molar-refractivity contribution in [2.75, 3.05) is 27.3 Å². The first-order valence-electron chi connectivity index (χ1n) is 22.9. The lowest BCUT2D eigenvalue weighted by atomic mass is 9.76. The van der Waals surface area contributed by atoms with Gasteiger partial charge in [0, 0.05) is 18.7 Å². The van der Waals surface area contributed by atoms with Crippen LogP contribution in [0.5, 0.6) is 0 Å². The Labute approximate surface area is 370 Å². The topological polar surface area (TPSA) is 175 Å². The summed E-state index contributed by atoms with van der Waals surface area (Å²) >= 11 is 0. The number of imidazole rings is 2. The molecular weight excluding hydrogens is 797 g/mol. The van der Waals surface area contributed by atoms with Gasteiger partial charge >= 0.3 is 12.2 Å². The third kappa shape index (κ3) is 8.45. The molecule has 14 heteroatoms. The lowest BCUT2D eigenvalue weighted by Crippen LogP contribution is -2.51. The van der Waals surface area contributed by atoms with Crippen LogP contribution in [0.3, 0.4) is 0 Å². The molecule has 2 aliphatic heterocycles. The molecule has 4 aromatic rings. The van der Waals surface area contributed by atoms with Gasteiger partial charge in [0.15, 0.2) is 0 Å². The number of ether oxygens (including phenoxy) is 2. The highest BCUT2D eigenvalue weighted by molar-refractivity contribution is 5.87. The van der Waals surface area contributed by atoms with Gasteiger partial charge in [0.25, 0.3) is 0 Å². The number of methoxy groups -OCH3 is 2. The Morgan fingerprint density at radius 1 is 0.683 bits per heavy atom. The molecule has 4 amide bonds. The number of benzene rings is 2. The van der Waals surface area contributed by atoms with Crippen molar-refractivity contribution in [1.29, 1.82) is 0 Å². The number of nitrogens with zero attached hydrogens (tertiary/aromatic N) is 4. The van der Waals surface area contributed by atoms with Crippen molar-refractivity contribution in [3.63, 3.8) is 0 Å². The van der Waals surface area contributed by atoms with E-state index in [-0.39, 0.29) is 53.0 Å². The van der Waals surface area contributed by atoms with Crippen LogP contribution in [0.2, 0.25) is 0 Å². The lowest BCUT2D eigenvalue weighted by Gasteiger charge is -2.30. The van der Waals surface area contributed by atoms with Crippen LogP contribution in [0.25, 0.3) is 33.6 Å². The number of amides is 4. The smallest absolute Gasteiger partial charge is 0.407 e. The summed E-state index contributed by atoms with van der Waals surface area (Å²) in [5, 5.41) is 5.50. The molecule has 3 fully saturated rings. The molecule has 2 aliphatic carbocycles. The fourth-order valence-electron chi connectivity index (χ4n) is 11.0. The number of fused-ring (bicyclic) bond motifs is 2. The lowest BCUT2D eigenvalue weighted by molar-refractivity contribution is -0.136. The number of nitrogens with one attached hydrogen (secondary N) is 4. The van der Waals surface area contributed by atoms with E-state index in [0.29, 0.717) is 13.1 Å². The molecule has 2 unspecified atom stereocenters. The van der Waals surface area contributed by atoms with Crippen LogP contribution >= 0.6 is 0 Å². The number of rotatable bonds is 11. The van der Waals surface area contributed by atoms with Gasteiger partial charge in [-0.1, -0.05) is 90.8 Å². The maximum Gasteiger partial charge on any atom is 0.407 e. The number of H-pyrrole nitrogens is 2. The van der Waals surface area contributed by atoms with Gasteiger partial charge < -0.3 is 39.9 Å². The number of hydrogen-bond acceptors (Lipinski definition) is 8. The summed E-state index contributed by atoms with van der Waals surface area (Å²) in [5.74, 6) is 1.59. The van der Waals surface area contributed by atoms with Crippen LogP contribution in [0.15, 0.2) is 48.8 Å². The molecule has 14 nitrogen and oxygen atoms in total. The first-order chi connectivity index (χ1) is 30.2. The van der Waals surface area contributed by atoms with E-state index in [4.69, 9.17) is 19.4 Å². The first kappa shape index (κ1) is 44.0. The van der Waals surface area contributed by atoms with Crippen molar-refractivity contribution in [3.8, 4) is 33.6 Å². The predicted molar refractivity (Wildman–Crippen MR) is 240 cm³/mol. The molecule has 1 spiro atoms. The summed E-state index contributed by atoms with van der Waals surface area (Å²) in [6.07, 6.45) is 11.1. The van der Waals surface area contributed by atoms with E-state index in [1.54, 1.807) is 0 Å². The van der Waals surface area contributed by atoms with Crippen molar-refractivity contribution in [3.05, 3.63) is 71.6 Å². The molecule has 1 saturated carbocycles. The molecule has 0 radical (unpaired) electrons. The molecule has 4 heterocycles. The van der Waals surface area contributed by atoms with E-state index in [1.165, 1.54) is 67.7 Å². The zero-order valence-corrected chi connectivity index (χ0v) is 38.0. The molecule has 8 rings (SSSR count). The highest BCUT2D eigenvalue weighted by atomic mass is 16.5. The van der Waals surface area contributed by atoms with Crippen LogP contribution in [-0.4, -0.2) is 93.1 Å². The van der Waals surface area contributed by atoms with Gasteiger partial charge in [-0.2, -0.15) is 0 Å². The summed E-state index contributed by atoms with van der Waals surface area (Å²) in [6, 6.07) is 11.4. The second-order valence-electron chi connectivity index (χ2n) is 19.4. The number of likely N-dealkylation sites (tertiary alicyclic amines) is 2. The minimum atomic E-state index is -0.700. The quantitative estimate of drug-likeness (QED) is 0.116. The number of aromatic amines is 2. The van der Waals surface area contributed by atoms with E-state index in [2.05, 4.69) is 70.8 Å². The van der Waals surface area contributed by atoms with E-state index < -0.39 is 24.3 Å². The molecule has 2 saturated heterocycles.